The van der Waals surface area contributed by atoms with Crippen molar-refractivity contribution in [2.45, 2.75) is 39.7 Å². The van der Waals surface area contributed by atoms with E-state index in [1.165, 1.54) is 0 Å². The number of carbonyl (C=O) groups is 2. The smallest absolute Gasteiger partial charge is 0.272 e. The predicted molar refractivity (Wildman–Crippen MR) is 83.5 cm³/mol. The summed E-state index contributed by atoms with van der Waals surface area (Å²) in [6.45, 7) is 7.47. The van der Waals surface area contributed by atoms with Crippen LogP contribution in [-0.4, -0.2) is 53.1 Å². The zero-order valence-corrected chi connectivity index (χ0v) is 13.4. The van der Waals surface area contributed by atoms with Crippen LogP contribution in [0.1, 0.15) is 48.4 Å². The van der Waals surface area contributed by atoms with Crippen LogP contribution in [-0.2, 0) is 17.8 Å². The Kier molecular flexibility index (Phi) is 5.94. The van der Waals surface area contributed by atoms with E-state index in [0.29, 0.717) is 31.6 Å². The van der Waals surface area contributed by atoms with E-state index < -0.39 is 0 Å². The van der Waals surface area contributed by atoms with E-state index in [4.69, 9.17) is 0 Å². The Balaban J connectivity index is 1.77. The average molecular weight is 307 g/mol. The van der Waals surface area contributed by atoms with E-state index in [2.05, 4.69) is 20.8 Å². The fraction of sp³-hybridized carbons (Fsp3) is 0.667. The van der Waals surface area contributed by atoms with Crippen LogP contribution in [0.15, 0.2) is 0 Å². The largest absolute Gasteiger partial charge is 0.351 e. The Hall–Kier alpha value is -1.89. The van der Waals surface area contributed by atoms with Crippen molar-refractivity contribution < 1.29 is 9.59 Å². The van der Waals surface area contributed by atoms with Crippen molar-refractivity contribution in [3.05, 3.63) is 17.0 Å². The maximum atomic E-state index is 12.2. The van der Waals surface area contributed by atoms with Gasteiger partial charge in [-0.2, -0.15) is 5.10 Å². The second-order valence-electron chi connectivity index (χ2n) is 5.38. The van der Waals surface area contributed by atoms with E-state index in [1.54, 1.807) is 4.90 Å². The highest BCUT2D eigenvalue weighted by Crippen LogP contribution is 2.14. The van der Waals surface area contributed by atoms with Gasteiger partial charge in [-0.1, -0.05) is 0 Å². The first kappa shape index (κ1) is 16.5. The number of hydrogen-bond donors (Lipinski definition) is 3. The number of aromatic amines is 1. The van der Waals surface area contributed by atoms with Gasteiger partial charge in [-0.05, 0) is 20.3 Å². The highest BCUT2D eigenvalue weighted by molar-refractivity contribution is 5.94. The summed E-state index contributed by atoms with van der Waals surface area (Å²) in [5, 5.41) is 13.1. The molecule has 2 rings (SSSR count). The van der Waals surface area contributed by atoms with Crippen LogP contribution in [0, 0.1) is 0 Å². The molecule has 0 bridgehead atoms. The lowest BCUT2D eigenvalue weighted by atomic mass is 10.1. The molecule has 0 saturated heterocycles. The molecule has 7 nitrogen and oxygen atoms in total. The summed E-state index contributed by atoms with van der Waals surface area (Å²) in [5.74, 6) is -0.0305. The van der Waals surface area contributed by atoms with E-state index in [-0.39, 0.29) is 11.8 Å². The first-order valence-corrected chi connectivity index (χ1v) is 8.00. The predicted octanol–water partition coefficient (Wildman–Crippen LogP) is 0.434. The standard InChI is InChI=1S/C15H25N5O2/c1-3-20(4-2)13(21)6-5-8-17-15(22)14-11-10-16-9-7-12(11)18-19-14/h16H,3-10H2,1-2H3,(H,17,22)(H,18,19). The number of H-pyrrole nitrogens is 1. The Morgan fingerprint density at radius 1 is 1.32 bits per heavy atom. The molecular formula is C15H25N5O2. The van der Waals surface area contributed by atoms with Crippen LogP contribution in [0.2, 0.25) is 0 Å². The van der Waals surface area contributed by atoms with Crippen LogP contribution in [0.4, 0.5) is 0 Å². The fourth-order valence-corrected chi connectivity index (χ4v) is 2.67. The zero-order chi connectivity index (χ0) is 15.9. The van der Waals surface area contributed by atoms with Gasteiger partial charge in [0.05, 0.1) is 0 Å². The number of carbonyl (C=O) groups excluding carboxylic acids is 2. The van der Waals surface area contributed by atoms with Crippen molar-refractivity contribution in [1.82, 2.24) is 25.7 Å². The van der Waals surface area contributed by atoms with Crippen molar-refractivity contribution in [1.29, 1.82) is 0 Å². The molecular weight excluding hydrogens is 282 g/mol. The quantitative estimate of drug-likeness (QED) is 0.637. The van der Waals surface area contributed by atoms with Gasteiger partial charge in [-0.25, -0.2) is 0 Å². The third-order valence-corrected chi connectivity index (χ3v) is 3.99. The summed E-state index contributed by atoms with van der Waals surface area (Å²) in [6, 6.07) is 0. The molecule has 0 aliphatic carbocycles. The SMILES string of the molecule is CCN(CC)C(=O)CCCNC(=O)c1n[nH]c2c1CNCC2. The number of nitrogens with one attached hydrogen (secondary N) is 3. The topological polar surface area (TPSA) is 90.1 Å². The zero-order valence-electron chi connectivity index (χ0n) is 13.4. The van der Waals surface area contributed by atoms with Gasteiger partial charge < -0.3 is 15.5 Å². The molecule has 1 aromatic heterocycles. The van der Waals surface area contributed by atoms with Crippen molar-refractivity contribution in [2.24, 2.45) is 0 Å². The highest BCUT2D eigenvalue weighted by atomic mass is 16.2. The summed E-state index contributed by atoms with van der Waals surface area (Å²) in [6.07, 6.45) is 1.97. The number of nitrogens with zero attached hydrogens (tertiary/aromatic N) is 2. The number of aromatic nitrogens is 2. The minimum atomic E-state index is -0.170. The number of hydrogen-bond acceptors (Lipinski definition) is 4. The minimum Gasteiger partial charge on any atom is -0.351 e. The monoisotopic (exact) mass is 307 g/mol. The Bertz CT molecular complexity index is 522. The van der Waals surface area contributed by atoms with E-state index in [0.717, 1.165) is 37.3 Å². The van der Waals surface area contributed by atoms with Crippen LogP contribution < -0.4 is 10.6 Å². The average Bonchev–Trinajstić information content (AvgIpc) is 2.96. The first-order chi connectivity index (χ1) is 10.7. The minimum absolute atomic E-state index is 0.139. The lowest BCUT2D eigenvalue weighted by Gasteiger charge is -2.18. The van der Waals surface area contributed by atoms with Gasteiger partial charge in [0.2, 0.25) is 5.91 Å². The maximum Gasteiger partial charge on any atom is 0.272 e. The molecule has 7 heteroatoms. The summed E-state index contributed by atoms with van der Waals surface area (Å²) in [5.41, 5.74) is 2.47. The Morgan fingerprint density at radius 3 is 2.82 bits per heavy atom. The summed E-state index contributed by atoms with van der Waals surface area (Å²) >= 11 is 0. The molecule has 22 heavy (non-hydrogen) atoms. The van der Waals surface area contributed by atoms with Crippen molar-refractivity contribution in [3.8, 4) is 0 Å². The molecule has 0 saturated carbocycles. The summed E-state index contributed by atoms with van der Waals surface area (Å²) in [7, 11) is 0. The molecule has 0 atom stereocenters. The molecule has 1 aliphatic rings. The molecule has 122 valence electrons. The number of amides is 2. The van der Waals surface area contributed by atoms with Gasteiger partial charge in [0.1, 0.15) is 0 Å². The lowest BCUT2D eigenvalue weighted by Crippen LogP contribution is -2.32. The summed E-state index contributed by atoms with van der Waals surface area (Å²) < 4.78 is 0. The van der Waals surface area contributed by atoms with E-state index in [9.17, 15) is 9.59 Å². The van der Waals surface area contributed by atoms with Gasteiger partial charge in [0.25, 0.3) is 5.91 Å². The Labute approximate surface area is 130 Å². The van der Waals surface area contributed by atoms with Gasteiger partial charge in [-0.15, -0.1) is 0 Å². The normalized spacial score (nSPS) is 13.5. The fourth-order valence-electron chi connectivity index (χ4n) is 2.67. The molecule has 0 aromatic carbocycles. The molecule has 0 unspecified atom stereocenters. The maximum absolute atomic E-state index is 12.2. The molecule has 0 radical (unpaired) electrons. The van der Waals surface area contributed by atoms with E-state index in [1.807, 2.05) is 13.8 Å². The molecule has 2 heterocycles. The molecule has 0 fully saturated rings. The van der Waals surface area contributed by atoms with Crippen molar-refractivity contribution in [3.63, 3.8) is 0 Å². The van der Waals surface area contributed by atoms with E-state index >= 15 is 0 Å². The van der Waals surface area contributed by atoms with Crippen LogP contribution in [0.25, 0.3) is 0 Å². The number of rotatable bonds is 7. The van der Waals surface area contributed by atoms with Crippen molar-refractivity contribution in [2.75, 3.05) is 26.2 Å². The van der Waals surface area contributed by atoms with Gasteiger partial charge in [0, 0.05) is 56.8 Å². The summed E-state index contributed by atoms with van der Waals surface area (Å²) in [4.78, 5) is 25.8. The van der Waals surface area contributed by atoms with Gasteiger partial charge in [-0.3, -0.25) is 14.7 Å². The molecule has 2 amide bonds. The van der Waals surface area contributed by atoms with Crippen molar-refractivity contribution >= 4 is 11.8 Å². The third-order valence-electron chi connectivity index (χ3n) is 3.99. The first-order valence-electron chi connectivity index (χ1n) is 8.00. The van der Waals surface area contributed by atoms with Gasteiger partial charge >= 0.3 is 0 Å². The third kappa shape index (κ3) is 3.85. The van der Waals surface area contributed by atoms with Crippen LogP contribution >= 0.6 is 0 Å². The molecule has 3 N–H and O–H groups in total. The van der Waals surface area contributed by atoms with Crippen LogP contribution in [0.5, 0.6) is 0 Å². The van der Waals surface area contributed by atoms with Crippen LogP contribution in [0.3, 0.4) is 0 Å². The Morgan fingerprint density at radius 2 is 2.09 bits per heavy atom. The lowest BCUT2D eigenvalue weighted by molar-refractivity contribution is -0.130. The van der Waals surface area contributed by atoms with Gasteiger partial charge in [0.15, 0.2) is 5.69 Å². The second kappa shape index (κ2) is 7.93. The highest BCUT2D eigenvalue weighted by Gasteiger charge is 2.21. The molecule has 0 spiro atoms. The molecule has 1 aliphatic heterocycles. The number of fused-ring (bicyclic) bond motifs is 1. The second-order valence-corrected chi connectivity index (χ2v) is 5.38. The molecule has 1 aromatic rings.